The van der Waals surface area contributed by atoms with Crippen molar-refractivity contribution >= 4 is 38.6 Å². The number of rotatable bonds is 3. The molecular weight excluding hydrogens is 394 g/mol. The minimum Gasteiger partial charge on any atom is -0.306 e. The number of aromatic nitrogens is 1. The van der Waals surface area contributed by atoms with Gasteiger partial charge in [0, 0.05) is 24.2 Å². The van der Waals surface area contributed by atoms with E-state index in [1.807, 2.05) is 0 Å². The molecule has 5 rings (SSSR count). The van der Waals surface area contributed by atoms with Gasteiger partial charge in [-0.2, -0.15) is 9.57 Å². The van der Waals surface area contributed by atoms with Gasteiger partial charge in [-0.1, -0.05) is 0 Å². The van der Waals surface area contributed by atoms with Gasteiger partial charge in [0.05, 0.1) is 28.6 Å². The lowest BCUT2D eigenvalue weighted by Gasteiger charge is -2.33. The number of pyridine rings is 1. The first-order chi connectivity index (χ1) is 13.9. The van der Waals surface area contributed by atoms with Crippen molar-refractivity contribution in [3.8, 4) is 6.07 Å². The van der Waals surface area contributed by atoms with Gasteiger partial charge in [0.15, 0.2) is 0 Å². The number of hydrogen-bond donors (Lipinski definition) is 0. The third kappa shape index (κ3) is 2.28. The van der Waals surface area contributed by atoms with Crippen LogP contribution in [0.3, 0.4) is 0 Å². The Hall–Kier alpha value is -3.03. The Labute approximate surface area is 167 Å². The SMILES string of the molecule is CCS(=O)(=O)N1CC2CC1C1C(=O)N(c3ccc(C#N)c4ncccc34)C(=O)N21. The molecule has 3 fully saturated rings. The molecule has 0 saturated carbocycles. The highest BCUT2D eigenvalue weighted by molar-refractivity contribution is 7.89. The van der Waals surface area contributed by atoms with E-state index in [0.29, 0.717) is 28.6 Å². The Bertz CT molecular complexity index is 1220. The van der Waals surface area contributed by atoms with Crippen LogP contribution < -0.4 is 4.90 Å². The first-order valence-electron chi connectivity index (χ1n) is 9.32. The second-order valence-electron chi connectivity index (χ2n) is 7.38. The number of sulfonamides is 1. The lowest BCUT2D eigenvalue weighted by Crippen LogP contribution is -2.55. The van der Waals surface area contributed by atoms with Crippen molar-refractivity contribution in [3.05, 3.63) is 36.0 Å². The minimum absolute atomic E-state index is 0.0410. The standard InChI is InChI=1S/C19H17N5O4S/c1-2-29(27,28)22-10-12-8-15(22)17-18(25)24(19(26)23(12)17)14-6-5-11(9-20)16-13(14)4-3-7-21-16/h3-7,12,15,17H,2,8,10H2,1H3. The number of amides is 3. The number of anilines is 1. The van der Waals surface area contributed by atoms with Crippen molar-refractivity contribution in [1.82, 2.24) is 14.2 Å². The first-order valence-corrected chi connectivity index (χ1v) is 10.9. The van der Waals surface area contributed by atoms with E-state index >= 15 is 0 Å². The summed E-state index contributed by atoms with van der Waals surface area (Å²) in [4.78, 5) is 33.4. The second-order valence-corrected chi connectivity index (χ2v) is 9.59. The summed E-state index contributed by atoms with van der Waals surface area (Å²) in [6.45, 7) is 1.79. The first kappa shape index (κ1) is 18.0. The Balaban J connectivity index is 1.60. The van der Waals surface area contributed by atoms with Crippen molar-refractivity contribution in [2.75, 3.05) is 17.2 Å². The smallest absolute Gasteiger partial charge is 0.306 e. The van der Waals surface area contributed by atoms with Crippen molar-refractivity contribution in [2.24, 2.45) is 0 Å². The maximum Gasteiger partial charge on any atom is 0.332 e. The average molecular weight is 411 g/mol. The van der Waals surface area contributed by atoms with Gasteiger partial charge in [0.2, 0.25) is 10.0 Å². The minimum atomic E-state index is -3.46. The number of hydrogen-bond acceptors (Lipinski definition) is 6. The maximum absolute atomic E-state index is 13.3. The van der Waals surface area contributed by atoms with Gasteiger partial charge in [-0.05, 0) is 37.6 Å². The van der Waals surface area contributed by atoms with Crippen LogP contribution in [0, 0.1) is 11.3 Å². The molecule has 0 radical (unpaired) electrons. The Morgan fingerprint density at radius 1 is 1.28 bits per heavy atom. The number of imide groups is 1. The van der Waals surface area contributed by atoms with E-state index in [2.05, 4.69) is 11.1 Å². The normalized spacial score (nSPS) is 26.4. The number of piperazine rings is 1. The Kier molecular flexibility index (Phi) is 3.72. The number of benzene rings is 1. The highest BCUT2D eigenvalue weighted by Gasteiger charge is 2.63. The molecule has 2 bridgehead atoms. The van der Waals surface area contributed by atoms with Crippen LogP contribution in [0.2, 0.25) is 0 Å². The monoisotopic (exact) mass is 411 g/mol. The fourth-order valence-electron chi connectivity index (χ4n) is 4.77. The van der Waals surface area contributed by atoms with Crippen LogP contribution in [0.25, 0.3) is 10.9 Å². The van der Waals surface area contributed by atoms with Gasteiger partial charge in [-0.15, -0.1) is 0 Å². The average Bonchev–Trinajstić information content (AvgIpc) is 3.39. The Morgan fingerprint density at radius 2 is 2.07 bits per heavy atom. The summed E-state index contributed by atoms with van der Waals surface area (Å²) in [7, 11) is -3.46. The van der Waals surface area contributed by atoms with E-state index in [1.54, 1.807) is 31.3 Å². The summed E-state index contributed by atoms with van der Waals surface area (Å²) in [6.07, 6.45) is 2.03. The topological polar surface area (TPSA) is 115 Å². The zero-order valence-corrected chi connectivity index (χ0v) is 16.3. The molecule has 0 aliphatic carbocycles. The lowest BCUT2D eigenvalue weighted by atomic mass is 10.1. The summed E-state index contributed by atoms with van der Waals surface area (Å²) in [6, 6.07) is 6.47. The number of urea groups is 1. The van der Waals surface area contributed by atoms with E-state index in [0.717, 1.165) is 4.90 Å². The van der Waals surface area contributed by atoms with E-state index in [4.69, 9.17) is 0 Å². The highest BCUT2D eigenvalue weighted by Crippen LogP contribution is 2.44. The second kappa shape index (κ2) is 5.98. The molecule has 3 atom stereocenters. The molecule has 3 unspecified atom stereocenters. The predicted molar refractivity (Wildman–Crippen MR) is 103 cm³/mol. The van der Waals surface area contributed by atoms with Gasteiger partial charge in [-0.3, -0.25) is 9.78 Å². The number of nitriles is 1. The quantitative estimate of drug-likeness (QED) is 0.698. The van der Waals surface area contributed by atoms with Gasteiger partial charge in [-0.25, -0.2) is 18.1 Å². The van der Waals surface area contributed by atoms with Crippen molar-refractivity contribution in [3.63, 3.8) is 0 Å². The predicted octanol–water partition coefficient (Wildman–Crippen LogP) is 1.05. The van der Waals surface area contributed by atoms with Crippen LogP contribution in [0.4, 0.5) is 10.5 Å². The molecule has 1 aromatic heterocycles. The summed E-state index contributed by atoms with van der Waals surface area (Å²) < 4.78 is 26.2. The maximum atomic E-state index is 13.3. The van der Waals surface area contributed by atoms with Crippen LogP contribution in [-0.4, -0.2) is 65.0 Å². The van der Waals surface area contributed by atoms with Crippen LogP contribution in [0.5, 0.6) is 0 Å². The zero-order valence-electron chi connectivity index (χ0n) is 15.5. The zero-order chi connectivity index (χ0) is 20.5. The molecular formula is C19H17N5O4S. The molecule has 4 heterocycles. The van der Waals surface area contributed by atoms with Crippen molar-refractivity contribution in [2.45, 2.75) is 31.5 Å². The molecule has 2 aromatic rings. The fraction of sp³-hybridized carbons (Fsp3) is 0.368. The summed E-state index contributed by atoms with van der Waals surface area (Å²) in [5.74, 6) is -0.478. The molecule has 3 aliphatic heterocycles. The lowest BCUT2D eigenvalue weighted by molar-refractivity contribution is -0.120. The van der Waals surface area contributed by atoms with Gasteiger partial charge in [0.25, 0.3) is 5.91 Å². The Morgan fingerprint density at radius 3 is 2.79 bits per heavy atom. The molecule has 3 amide bonds. The van der Waals surface area contributed by atoms with Crippen molar-refractivity contribution < 1.29 is 18.0 Å². The van der Waals surface area contributed by atoms with Gasteiger partial charge < -0.3 is 4.90 Å². The van der Waals surface area contributed by atoms with Crippen LogP contribution in [-0.2, 0) is 14.8 Å². The summed E-state index contributed by atoms with van der Waals surface area (Å²) in [5.41, 5.74) is 1.13. The molecule has 3 aliphatic rings. The van der Waals surface area contributed by atoms with Crippen LogP contribution >= 0.6 is 0 Å². The third-order valence-electron chi connectivity index (χ3n) is 6.05. The van der Waals surface area contributed by atoms with E-state index in [1.165, 1.54) is 15.3 Å². The largest absolute Gasteiger partial charge is 0.332 e. The van der Waals surface area contributed by atoms with E-state index in [-0.39, 0.29) is 18.3 Å². The molecule has 1 aromatic carbocycles. The number of fused-ring (bicyclic) bond motifs is 6. The number of carbonyl (C=O) groups is 2. The molecule has 10 heteroatoms. The van der Waals surface area contributed by atoms with Gasteiger partial charge in [0.1, 0.15) is 12.1 Å². The van der Waals surface area contributed by atoms with Crippen LogP contribution in [0.15, 0.2) is 30.5 Å². The summed E-state index contributed by atoms with van der Waals surface area (Å²) in [5, 5.41) is 9.85. The highest BCUT2D eigenvalue weighted by atomic mass is 32.2. The van der Waals surface area contributed by atoms with Crippen molar-refractivity contribution in [1.29, 1.82) is 5.26 Å². The number of carbonyl (C=O) groups excluding carboxylic acids is 2. The molecule has 29 heavy (non-hydrogen) atoms. The molecule has 9 nitrogen and oxygen atoms in total. The third-order valence-corrected chi connectivity index (χ3v) is 7.91. The van der Waals surface area contributed by atoms with Gasteiger partial charge >= 0.3 is 6.03 Å². The number of nitrogens with zero attached hydrogens (tertiary/aromatic N) is 5. The fourth-order valence-corrected chi connectivity index (χ4v) is 6.11. The molecule has 0 spiro atoms. The molecule has 148 valence electrons. The molecule has 0 N–H and O–H groups in total. The van der Waals surface area contributed by atoms with E-state index < -0.39 is 34.0 Å². The van der Waals surface area contributed by atoms with E-state index in [9.17, 15) is 23.3 Å². The van der Waals surface area contributed by atoms with Crippen LogP contribution in [0.1, 0.15) is 18.9 Å². The summed E-state index contributed by atoms with van der Waals surface area (Å²) >= 11 is 0. The molecule has 3 saturated heterocycles.